The van der Waals surface area contributed by atoms with Crippen molar-refractivity contribution < 1.29 is 8.42 Å². The van der Waals surface area contributed by atoms with Gasteiger partial charge in [0.15, 0.2) is 0 Å². The summed E-state index contributed by atoms with van der Waals surface area (Å²) in [4.78, 5) is 0.408. The molecule has 2 aromatic carbocycles. The van der Waals surface area contributed by atoms with Crippen LogP contribution in [0, 0.1) is 5.92 Å². The second kappa shape index (κ2) is 8.85. The quantitative estimate of drug-likeness (QED) is 0.479. The van der Waals surface area contributed by atoms with E-state index in [1.54, 1.807) is 10.4 Å². The Kier molecular flexibility index (Phi) is 6.37. The van der Waals surface area contributed by atoms with Gasteiger partial charge in [0.05, 0.1) is 10.9 Å². The molecule has 0 bridgehead atoms. The Hall–Kier alpha value is -1.63. The van der Waals surface area contributed by atoms with E-state index >= 15 is 0 Å². The summed E-state index contributed by atoms with van der Waals surface area (Å²) in [6.07, 6.45) is 7.11. The van der Waals surface area contributed by atoms with Crippen LogP contribution in [0.1, 0.15) is 56.2 Å². The summed E-state index contributed by atoms with van der Waals surface area (Å²) in [7, 11) is -3.48. The van der Waals surface area contributed by atoms with Crippen molar-refractivity contribution in [3.8, 4) is 0 Å². The Bertz CT molecular complexity index is 1030. The van der Waals surface area contributed by atoms with Crippen molar-refractivity contribution in [2.75, 3.05) is 18.4 Å². The Labute approximate surface area is 188 Å². The first-order valence-corrected chi connectivity index (χ1v) is 13.0. The van der Waals surface area contributed by atoms with Crippen LogP contribution in [0.4, 0.5) is 5.69 Å². The Balaban J connectivity index is 1.70. The number of anilines is 1. The molecule has 0 amide bonds. The molecular weight excluding hydrogens is 460 g/mol. The van der Waals surface area contributed by atoms with Crippen molar-refractivity contribution >= 4 is 31.6 Å². The SMILES string of the molecule is CCCN(CCC)S(=O)(=O)c1ccc2c(c1)C1C=CCC1C(c1ccc(Br)cc1)N2. The molecular formula is C24H29BrN2O2S. The lowest BCUT2D eigenvalue weighted by Gasteiger charge is -2.38. The van der Waals surface area contributed by atoms with Gasteiger partial charge in [-0.1, -0.05) is 54.1 Å². The highest BCUT2D eigenvalue weighted by Crippen LogP contribution is 2.50. The molecule has 0 fully saturated rings. The van der Waals surface area contributed by atoms with E-state index in [-0.39, 0.29) is 12.0 Å². The fourth-order valence-corrected chi connectivity index (χ4v) is 6.66. The summed E-state index contributed by atoms with van der Waals surface area (Å²) < 4.78 is 29.3. The van der Waals surface area contributed by atoms with Gasteiger partial charge in [-0.2, -0.15) is 4.31 Å². The molecule has 0 spiro atoms. The molecule has 0 radical (unpaired) electrons. The third-order valence-electron chi connectivity index (χ3n) is 6.15. The third-order valence-corrected chi connectivity index (χ3v) is 8.57. The van der Waals surface area contributed by atoms with E-state index < -0.39 is 10.0 Å². The molecule has 1 N–H and O–H groups in total. The first-order valence-electron chi connectivity index (χ1n) is 10.8. The maximum absolute atomic E-state index is 13.3. The summed E-state index contributed by atoms with van der Waals surface area (Å²) in [6.45, 7) is 5.16. The molecule has 1 aliphatic heterocycles. The largest absolute Gasteiger partial charge is 0.378 e. The second-order valence-corrected chi connectivity index (χ2v) is 11.0. The van der Waals surface area contributed by atoms with E-state index in [0.29, 0.717) is 23.9 Å². The zero-order chi connectivity index (χ0) is 21.3. The monoisotopic (exact) mass is 488 g/mol. The van der Waals surface area contributed by atoms with Gasteiger partial charge in [-0.3, -0.25) is 0 Å². The normalized spacial score (nSPS) is 22.6. The lowest BCUT2D eigenvalue weighted by Crippen LogP contribution is -2.33. The van der Waals surface area contributed by atoms with E-state index in [9.17, 15) is 8.42 Å². The maximum atomic E-state index is 13.3. The number of fused-ring (bicyclic) bond motifs is 3. The van der Waals surface area contributed by atoms with Gasteiger partial charge in [0, 0.05) is 29.2 Å². The first-order chi connectivity index (χ1) is 14.5. The van der Waals surface area contributed by atoms with Crippen LogP contribution in [0.2, 0.25) is 0 Å². The number of rotatable bonds is 7. The molecule has 30 heavy (non-hydrogen) atoms. The van der Waals surface area contributed by atoms with Gasteiger partial charge in [0.2, 0.25) is 10.0 Å². The van der Waals surface area contributed by atoms with Gasteiger partial charge in [0.1, 0.15) is 0 Å². The molecule has 4 rings (SSSR count). The Morgan fingerprint density at radius 3 is 2.43 bits per heavy atom. The summed E-state index contributed by atoms with van der Waals surface area (Å²) in [5.74, 6) is 0.620. The zero-order valence-corrected chi connectivity index (χ0v) is 19.9. The topological polar surface area (TPSA) is 49.4 Å². The van der Waals surface area contributed by atoms with Crippen molar-refractivity contribution in [1.29, 1.82) is 0 Å². The molecule has 3 unspecified atom stereocenters. The molecule has 1 aliphatic carbocycles. The number of nitrogens with one attached hydrogen (secondary N) is 1. The molecule has 2 aliphatic rings. The molecule has 0 saturated heterocycles. The van der Waals surface area contributed by atoms with Crippen LogP contribution < -0.4 is 5.32 Å². The molecule has 3 atom stereocenters. The fraction of sp³-hybridized carbons (Fsp3) is 0.417. The first kappa shape index (κ1) is 21.6. The van der Waals surface area contributed by atoms with Gasteiger partial charge >= 0.3 is 0 Å². The van der Waals surface area contributed by atoms with Gasteiger partial charge in [0.25, 0.3) is 0 Å². The fourth-order valence-electron chi connectivity index (χ4n) is 4.73. The van der Waals surface area contributed by atoms with E-state index in [1.165, 1.54) is 5.56 Å². The average Bonchev–Trinajstić information content (AvgIpc) is 3.23. The number of hydrogen-bond acceptors (Lipinski definition) is 3. The van der Waals surface area contributed by atoms with Crippen LogP contribution in [0.5, 0.6) is 0 Å². The summed E-state index contributed by atoms with van der Waals surface area (Å²) in [6, 6.07) is 14.3. The van der Waals surface area contributed by atoms with Crippen molar-refractivity contribution in [3.05, 3.63) is 70.2 Å². The average molecular weight is 489 g/mol. The Morgan fingerprint density at radius 1 is 1.07 bits per heavy atom. The molecule has 0 saturated carbocycles. The van der Waals surface area contributed by atoms with Crippen molar-refractivity contribution in [2.45, 2.75) is 50.0 Å². The number of nitrogens with zero attached hydrogens (tertiary/aromatic N) is 1. The van der Waals surface area contributed by atoms with Crippen LogP contribution in [0.25, 0.3) is 0 Å². The molecule has 0 aromatic heterocycles. The minimum absolute atomic E-state index is 0.213. The minimum Gasteiger partial charge on any atom is -0.378 e. The molecule has 4 nitrogen and oxygen atoms in total. The summed E-state index contributed by atoms with van der Waals surface area (Å²) in [5, 5.41) is 3.70. The zero-order valence-electron chi connectivity index (χ0n) is 17.5. The van der Waals surface area contributed by atoms with Crippen LogP contribution in [-0.4, -0.2) is 25.8 Å². The minimum atomic E-state index is -3.48. The highest BCUT2D eigenvalue weighted by molar-refractivity contribution is 9.10. The number of benzene rings is 2. The van der Waals surface area contributed by atoms with E-state index in [4.69, 9.17) is 0 Å². The highest BCUT2D eigenvalue weighted by Gasteiger charge is 2.38. The van der Waals surface area contributed by atoms with Gasteiger partial charge in [-0.05, 0) is 66.6 Å². The van der Waals surface area contributed by atoms with Crippen LogP contribution in [0.15, 0.2) is 64.0 Å². The van der Waals surface area contributed by atoms with E-state index in [0.717, 1.165) is 35.0 Å². The van der Waals surface area contributed by atoms with E-state index in [1.807, 2.05) is 26.0 Å². The lowest BCUT2D eigenvalue weighted by molar-refractivity contribution is 0.409. The third kappa shape index (κ3) is 3.97. The Morgan fingerprint density at radius 2 is 1.77 bits per heavy atom. The van der Waals surface area contributed by atoms with Gasteiger partial charge in [-0.25, -0.2) is 8.42 Å². The van der Waals surface area contributed by atoms with E-state index in [2.05, 4.69) is 57.7 Å². The van der Waals surface area contributed by atoms with Crippen LogP contribution in [-0.2, 0) is 10.0 Å². The molecule has 2 aromatic rings. The van der Waals surface area contributed by atoms with Crippen LogP contribution in [0.3, 0.4) is 0 Å². The number of sulfonamides is 1. The summed E-state index contributed by atoms with van der Waals surface area (Å²) >= 11 is 3.52. The predicted octanol–water partition coefficient (Wildman–Crippen LogP) is 6.09. The van der Waals surface area contributed by atoms with Gasteiger partial charge in [-0.15, -0.1) is 0 Å². The molecule has 160 valence electrons. The van der Waals surface area contributed by atoms with Crippen molar-refractivity contribution in [1.82, 2.24) is 4.31 Å². The summed E-state index contributed by atoms with van der Waals surface area (Å²) in [5.41, 5.74) is 3.39. The standard InChI is InChI=1S/C24H29BrN2O2S/c1-3-14-27(15-4-2)30(28,29)19-12-13-23-22(16-19)20-6-5-7-21(20)24(26-23)17-8-10-18(25)11-9-17/h5-6,8-13,16,20-21,24,26H,3-4,7,14-15H2,1-2H3. The maximum Gasteiger partial charge on any atom is 0.243 e. The van der Waals surface area contributed by atoms with Crippen molar-refractivity contribution in [2.24, 2.45) is 5.92 Å². The predicted molar refractivity (Wildman–Crippen MR) is 126 cm³/mol. The lowest BCUT2D eigenvalue weighted by atomic mass is 9.77. The van der Waals surface area contributed by atoms with Gasteiger partial charge < -0.3 is 5.32 Å². The second-order valence-electron chi connectivity index (χ2n) is 8.18. The number of hydrogen-bond donors (Lipinski definition) is 1. The number of allylic oxidation sites excluding steroid dienone is 2. The molecule has 1 heterocycles. The smallest absolute Gasteiger partial charge is 0.243 e. The molecule has 6 heteroatoms. The number of halogens is 1. The highest BCUT2D eigenvalue weighted by atomic mass is 79.9. The van der Waals surface area contributed by atoms with Crippen molar-refractivity contribution in [3.63, 3.8) is 0 Å². The van der Waals surface area contributed by atoms with Crippen LogP contribution >= 0.6 is 15.9 Å².